The van der Waals surface area contributed by atoms with Crippen molar-refractivity contribution in [3.63, 3.8) is 0 Å². The molecule has 1 unspecified atom stereocenters. The van der Waals surface area contributed by atoms with Gasteiger partial charge in [0.15, 0.2) is 0 Å². The molecule has 0 aromatic carbocycles. The predicted octanol–water partition coefficient (Wildman–Crippen LogP) is 2.61. The lowest BCUT2D eigenvalue weighted by atomic mass is 9.87. The topological polar surface area (TPSA) is 49.4 Å². The van der Waals surface area contributed by atoms with Crippen molar-refractivity contribution in [1.82, 2.24) is 9.62 Å². The number of thiophene rings is 1. The lowest BCUT2D eigenvalue weighted by Crippen LogP contribution is -2.33. The molecule has 2 aliphatic rings. The first-order valence-electron chi connectivity index (χ1n) is 6.40. The molecule has 0 saturated carbocycles. The van der Waals surface area contributed by atoms with Gasteiger partial charge in [-0.2, -0.15) is 4.31 Å². The van der Waals surface area contributed by atoms with Crippen LogP contribution in [0.4, 0.5) is 0 Å². The van der Waals surface area contributed by atoms with Crippen molar-refractivity contribution in [1.29, 1.82) is 0 Å². The molecular weight excluding hydrogens is 384 g/mol. The van der Waals surface area contributed by atoms with E-state index in [1.54, 1.807) is 10.4 Å². The fourth-order valence-corrected chi connectivity index (χ4v) is 6.86. The summed E-state index contributed by atoms with van der Waals surface area (Å²) in [6.45, 7) is 5.20. The number of aryl methyl sites for hydroxylation is 1. The first-order valence-corrected chi connectivity index (χ1v) is 9.45. The Bertz CT molecular complexity index is 577. The third-order valence-electron chi connectivity index (χ3n) is 4.16. The minimum absolute atomic E-state index is 0. The van der Waals surface area contributed by atoms with Gasteiger partial charge in [0, 0.05) is 19.6 Å². The molecule has 2 aliphatic heterocycles. The van der Waals surface area contributed by atoms with Crippen LogP contribution in [0.25, 0.3) is 0 Å². The van der Waals surface area contributed by atoms with Crippen molar-refractivity contribution in [3.05, 3.63) is 15.4 Å². The fraction of sp³-hybridized carbons (Fsp3) is 0.667. The van der Waals surface area contributed by atoms with E-state index in [2.05, 4.69) is 21.2 Å². The Morgan fingerprint density at radius 3 is 2.75 bits per heavy atom. The molecule has 20 heavy (non-hydrogen) atoms. The molecule has 0 amide bonds. The largest absolute Gasteiger partial charge is 0.316 e. The first-order chi connectivity index (χ1) is 8.93. The molecule has 3 heterocycles. The number of halogens is 2. The highest BCUT2D eigenvalue weighted by atomic mass is 79.9. The molecule has 4 nitrogen and oxygen atoms in total. The second kappa shape index (κ2) is 5.85. The van der Waals surface area contributed by atoms with Crippen LogP contribution in [0.3, 0.4) is 0 Å². The van der Waals surface area contributed by atoms with E-state index in [9.17, 15) is 8.42 Å². The van der Waals surface area contributed by atoms with Gasteiger partial charge in [-0.25, -0.2) is 8.42 Å². The molecule has 2 saturated heterocycles. The van der Waals surface area contributed by atoms with Gasteiger partial charge in [0.1, 0.15) is 4.21 Å². The van der Waals surface area contributed by atoms with Crippen LogP contribution in [0.15, 0.2) is 14.1 Å². The van der Waals surface area contributed by atoms with Crippen LogP contribution < -0.4 is 5.32 Å². The molecule has 1 aromatic rings. The van der Waals surface area contributed by atoms with Gasteiger partial charge in [-0.3, -0.25) is 0 Å². The summed E-state index contributed by atoms with van der Waals surface area (Å²) in [5.41, 5.74) is 1.16. The van der Waals surface area contributed by atoms with E-state index >= 15 is 0 Å². The van der Waals surface area contributed by atoms with E-state index in [-0.39, 0.29) is 17.8 Å². The van der Waals surface area contributed by atoms with E-state index in [0.29, 0.717) is 17.3 Å². The molecule has 1 aromatic heterocycles. The van der Waals surface area contributed by atoms with Crippen LogP contribution in [0.1, 0.15) is 18.4 Å². The molecule has 8 heteroatoms. The van der Waals surface area contributed by atoms with Gasteiger partial charge in [0.2, 0.25) is 0 Å². The van der Waals surface area contributed by atoms with E-state index in [1.165, 1.54) is 11.3 Å². The summed E-state index contributed by atoms with van der Waals surface area (Å²) in [5, 5.41) is 3.35. The SMILES string of the molecule is Cc1cc(S(=O)(=O)N2CCC3(CCNC3)C2)sc1Br.Cl. The number of sulfonamides is 1. The third kappa shape index (κ3) is 2.80. The summed E-state index contributed by atoms with van der Waals surface area (Å²) < 4.78 is 28.3. The van der Waals surface area contributed by atoms with Crippen molar-refractivity contribution in [2.45, 2.75) is 24.0 Å². The van der Waals surface area contributed by atoms with Gasteiger partial charge in [0.25, 0.3) is 10.0 Å². The average molecular weight is 402 g/mol. The average Bonchev–Trinajstić information content (AvgIpc) is 3.05. The highest BCUT2D eigenvalue weighted by molar-refractivity contribution is 9.11. The highest BCUT2D eigenvalue weighted by Gasteiger charge is 2.44. The number of hydrogen-bond acceptors (Lipinski definition) is 4. The maximum atomic E-state index is 12.6. The van der Waals surface area contributed by atoms with Crippen LogP contribution in [-0.4, -0.2) is 38.9 Å². The van der Waals surface area contributed by atoms with Gasteiger partial charge in [0.05, 0.1) is 3.79 Å². The van der Waals surface area contributed by atoms with Crippen molar-refractivity contribution in [2.75, 3.05) is 26.2 Å². The minimum Gasteiger partial charge on any atom is -0.316 e. The maximum Gasteiger partial charge on any atom is 0.252 e. The van der Waals surface area contributed by atoms with Crippen molar-refractivity contribution in [3.8, 4) is 0 Å². The normalized spacial score (nSPS) is 27.1. The molecule has 0 aliphatic carbocycles. The second-order valence-corrected chi connectivity index (χ2v) is 10.1. The summed E-state index contributed by atoms with van der Waals surface area (Å²) in [6, 6.07) is 1.77. The van der Waals surface area contributed by atoms with Gasteiger partial charge in [-0.1, -0.05) is 0 Å². The molecule has 1 atom stereocenters. The standard InChI is InChI=1S/C12H17BrN2O2S2.ClH/c1-9-6-10(18-11(9)13)19(16,17)15-5-3-12(8-15)2-4-14-7-12;/h6,14H,2-5,7-8H2,1H3;1H. The maximum absolute atomic E-state index is 12.6. The van der Waals surface area contributed by atoms with Crippen LogP contribution in [-0.2, 0) is 10.0 Å². The zero-order valence-corrected chi connectivity index (χ0v) is 15.2. The molecule has 1 N–H and O–H groups in total. The summed E-state index contributed by atoms with van der Waals surface area (Å²) >= 11 is 4.71. The first kappa shape index (κ1) is 16.7. The summed E-state index contributed by atoms with van der Waals surface area (Å²) in [6.07, 6.45) is 2.07. The number of hydrogen-bond donors (Lipinski definition) is 1. The van der Waals surface area contributed by atoms with Crippen LogP contribution in [0.5, 0.6) is 0 Å². The zero-order valence-electron chi connectivity index (χ0n) is 11.2. The van der Waals surface area contributed by atoms with Crippen LogP contribution >= 0.6 is 39.7 Å². The summed E-state index contributed by atoms with van der Waals surface area (Å²) in [4.78, 5) is 0. The highest BCUT2D eigenvalue weighted by Crippen LogP contribution is 2.40. The lowest BCUT2D eigenvalue weighted by Gasteiger charge is -2.22. The molecule has 3 rings (SSSR count). The van der Waals surface area contributed by atoms with Gasteiger partial charge < -0.3 is 5.32 Å². The molecule has 114 valence electrons. The molecule has 2 fully saturated rings. The van der Waals surface area contributed by atoms with Gasteiger partial charge in [-0.15, -0.1) is 23.7 Å². The number of rotatable bonds is 2. The van der Waals surface area contributed by atoms with Crippen molar-refractivity contribution in [2.24, 2.45) is 5.41 Å². The predicted molar refractivity (Wildman–Crippen MR) is 87.3 cm³/mol. The smallest absolute Gasteiger partial charge is 0.252 e. The monoisotopic (exact) mass is 400 g/mol. The fourth-order valence-electron chi connectivity index (χ4n) is 2.93. The van der Waals surface area contributed by atoms with E-state index in [1.807, 2.05) is 6.92 Å². The third-order valence-corrected chi connectivity index (χ3v) is 8.60. The van der Waals surface area contributed by atoms with Crippen molar-refractivity contribution < 1.29 is 8.42 Å². The van der Waals surface area contributed by atoms with Gasteiger partial charge >= 0.3 is 0 Å². The van der Waals surface area contributed by atoms with E-state index in [0.717, 1.165) is 35.3 Å². The van der Waals surface area contributed by atoms with E-state index < -0.39 is 10.0 Å². The molecule has 0 radical (unpaired) electrons. The lowest BCUT2D eigenvalue weighted by molar-refractivity contribution is 0.338. The minimum atomic E-state index is -3.31. The van der Waals surface area contributed by atoms with Crippen molar-refractivity contribution >= 4 is 49.7 Å². The molecule has 0 bridgehead atoms. The zero-order chi connectivity index (χ0) is 13.7. The number of nitrogens with zero attached hydrogens (tertiary/aromatic N) is 1. The Labute approximate surface area is 138 Å². The van der Waals surface area contributed by atoms with Crippen LogP contribution in [0.2, 0.25) is 0 Å². The Morgan fingerprint density at radius 2 is 2.20 bits per heavy atom. The molecular formula is C12H18BrClN2O2S2. The Morgan fingerprint density at radius 1 is 1.45 bits per heavy atom. The van der Waals surface area contributed by atoms with Gasteiger partial charge in [-0.05, 0) is 59.3 Å². The van der Waals surface area contributed by atoms with Crippen LogP contribution in [0, 0.1) is 12.3 Å². The van der Waals surface area contributed by atoms with E-state index in [4.69, 9.17) is 0 Å². The quantitative estimate of drug-likeness (QED) is 0.829. The Balaban J connectivity index is 0.00000147. The number of nitrogens with one attached hydrogen (secondary N) is 1. The second-order valence-electron chi connectivity index (χ2n) is 5.54. The Hall–Kier alpha value is 0.340. The Kier molecular flexibility index (Phi) is 4.89. The molecule has 1 spiro atoms. The summed E-state index contributed by atoms with van der Waals surface area (Å²) in [7, 11) is -3.31. The summed E-state index contributed by atoms with van der Waals surface area (Å²) in [5.74, 6) is 0.